The van der Waals surface area contributed by atoms with Gasteiger partial charge in [-0.25, -0.2) is 0 Å². The predicted molar refractivity (Wildman–Crippen MR) is 142 cm³/mol. The Bertz CT molecular complexity index is 1060. The van der Waals surface area contributed by atoms with E-state index >= 15 is 0 Å². The zero-order chi connectivity index (χ0) is 22.7. The zero-order valence-electron chi connectivity index (χ0n) is 19.5. The fraction of sp³-hybridized carbons (Fsp3) is 0.226. The first kappa shape index (κ1) is 21.7. The molecule has 4 aromatic rings. The van der Waals surface area contributed by atoms with Crippen LogP contribution in [0.3, 0.4) is 0 Å². The summed E-state index contributed by atoms with van der Waals surface area (Å²) >= 11 is 0. The van der Waals surface area contributed by atoms with Gasteiger partial charge in [0.2, 0.25) is 0 Å². The standard InChI is InChI=1S/C31H32OSi/c1-24-22-26(31(24)25-18-20-27(32-2)21-19-25)23-33(28-12-6-3-7-13-28,29-14-8-4-9-15-29)30-16-10-5-11-17-30/h3-21,24,26,31H,22-23H2,1-2H3/t24-,26-,31-/m1/s1. The highest BCUT2D eigenvalue weighted by molar-refractivity contribution is 7.11. The van der Waals surface area contributed by atoms with Gasteiger partial charge in [0.25, 0.3) is 0 Å². The van der Waals surface area contributed by atoms with E-state index in [0.717, 1.165) is 5.75 Å². The average Bonchev–Trinajstić information content (AvgIpc) is 2.88. The Labute approximate surface area is 199 Å². The second kappa shape index (κ2) is 9.41. The van der Waals surface area contributed by atoms with Gasteiger partial charge in [0, 0.05) is 0 Å². The molecule has 1 nitrogen and oxygen atoms in total. The topological polar surface area (TPSA) is 9.23 Å². The van der Waals surface area contributed by atoms with Crippen LogP contribution in [-0.2, 0) is 0 Å². The van der Waals surface area contributed by atoms with E-state index < -0.39 is 8.07 Å². The fourth-order valence-corrected chi connectivity index (χ4v) is 11.3. The SMILES string of the molecule is COc1ccc([C@@H]2[C@@H](C[Si](c3ccccc3)(c3ccccc3)c3ccccc3)C[C@H]2C)cc1. The van der Waals surface area contributed by atoms with Gasteiger partial charge >= 0.3 is 0 Å². The number of rotatable bonds is 7. The van der Waals surface area contributed by atoms with Crippen molar-refractivity contribution < 1.29 is 4.74 Å². The number of ether oxygens (including phenoxy) is 1. The molecule has 1 fully saturated rings. The van der Waals surface area contributed by atoms with E-state index in [-0.39, 0.29) is 0 Å². The van der Waals surface area contributed by atoms with E-state index in [4.69, 9.17) is 4.74 Å². The summed E-state index contributed by atoms with van der Waals surface area (Å²) in [5, 5.41) is 4.53. The Hall–Kier alpha value is -3.10. The van der Waals surface area contributed by atoms with Crippen LogP contribution in [0.4, 0.5) is 0 Å². The molecule has 3 atom stereocenters. The molecule has 0 heterocycles. The van der Waals surface area contributed by atoms with Gasteiger partial charge in [-0.05, 0) is 63.5 Å². The summed E-state index contributed by atoms with van der Waals surface area (Å²) in [7, 11) is -0.464. The van der Waals surface area contributed by atoms with Gasteiger partial charge in [-0.3, -0.25) is 0 Å². The Balaban J connectivity index is 1.62. The van der Waals surface area contributed by atoms with Crippen molar-refractivity contribution in [2.45, 2.75) is 25.3 Å². The highest BCUT2D eigenvalue weighted by Gasteiger charge is 2.47. The number of hydrogen-bond acceptors (Lipinski definition) is 1. The van der Waals surface area contributed by atoms with Crippen molar-refractivity contribution in [3.8, 4) is 5.75 Å². The highest BCUT2D eigenvalue weighted by atomic mass is 28.3. The Morgan fingerprint density at radius 1 is 0.667 bits per heavy atom. The van der Waals surface area contributed by atoms with Gasteiger partial charge in [-0.2, -0.15) is 0 Å². The molecule has 4 aromatic carbocycles. The quantitative estimate of drug-likeness (QED) is 0.264. The third-order valence-electron chi connectivity index (χ3n) is 7.66. The lowest BCUT2D eigenvalue weighted by molar-refractivity contribution is 0.175. The monoisotopic (exact) mass is 448 g/mol. The molecule has 0 bridgehead atoms. The molecule has 0 aromatic heterocycles. The third kappa shape index (κ3) is 4.04. The molecule has 0 unspecified atom stereocenters. The van der Waals surface area contributed by atoms with Crippen molar-refractivity contribution in [2.75, 3.05) is 7.11 Å². The highest BCUT2D eigenvalue weighted by Crippen LogP contribution is 2.51. The Morgan fingerprint density at radius 2 is 1.12 bits per heavy atom. The summed E-state index contributed by atoms with van der Waals surface area (Å²) in [6.45, 7) is 2.42. The van der Waals surface area contributed by atoms with Crippen molar-refractivity contribution in [1.29, 1.82) is 0 Å². The van der Waals surface area contributed by atoms with Crippen LogP contribution in [0.25, 0.3) is 0 Å². The lowest BCUT2D eigenvalue weighted by Gasteiger charge is -2.48. The molecule has 0 amide bonds. The van der Waals surface area contributed by atoms with Crippen LogP contribution >= 0.6 is 0 Å². The van der Waals surface area contributed by atoms with Gasteiger partial charge in [-0.15, -0.1) is 0 Å². The molecule has 0 spiro atoms. The molecule has 5 rings (SSSR count). The first-order chi connectivity index (χ1) is 16.2. The molecular weight excluding hydrogens is 416 g/mol. The summed E-state index contributed by atoms with van der Waals surface area (Å²) < 4.78 is 5.42. The van der Waals surface area contributed by atoms with Gasteiger partial charge in [0.05, 0.1) is 7.11 Å². The number of benzene rings is 4. The summed E-state index contributed by atoms with van der Waals surface area (Å²) in [5.74, 6) is 2.90. The molecular formula is C31H32OSi. The van der Waals surface area contributed by atoms with Crippen LogP contribution in [0, 0.1) is 11.8 Å². The minimum atomic E-state index is -2.20. The van der Waals surface area contributed by atoms with Gasteiger partial charge < -0.3 is 4.74 Å². The van der Waals surface area contributed by atoms with Crippen LogP contribution in [0.2, 0.25) is 6.04 Å². The van der Waals surface area contributed by atoms with Crippen molar-refractivity contribution >= 4 is 23.6 Å². The van der Waals surface area contributed by atoms with Crippen molar-refractivity contribution in [2.24, 2.45) is 11.8 Å². The van der Waals surface area contributed by atoms with Crippen LogP contribution in [-0.4, -0.2) is 15.2 Å². The van der Waals surface area contributed by atoms with E-state index in [1.54, 1.807) is 7.11 Å². The second-order valence-electron chi connectivity index (χ2n) is 9.48. The van der Waals surface area contributed by atoms with Crippen molar-refractivity contribution in [3.63, 3.8) is 0 Å². The normalized spacial score (nSPS) is 20.1. The molecule has 1 saturated carbocycles. The number of methoxy groups -OCH3 is 1. The maximum absolute atomic E-state index is 5.42. The second-order valence-corrected chi connectivity index (χ2v) is 13.4. The van der Waals surface area contributed by atoms with E-state index in [1.807, 2.05) is 0 Å². The van der Waals surface area contributed by atoms with Crippen molar-refractivity contribution in [3.05, 3.63) is 121 Å². The van der Waals surface area contributed by atoms with Crippen LogP contribution in [0.1, 0.15) is 24.8 Å². The number of hydrogen-bond donors (Lipinski definition) is 0. The molecule has 0 N–H and O–H groups in total. The lowest BCUT2D eigenvalue weighted by atomic mass is 9.63. The van der Waals surface area contributed by atoms with Gasteiger partial charge in [0.1, 0.15) is 13.8 Å². The summed E-state index contributed by atoms with van der Waals surface area (Å²) in [4.78, 5) is 0. The maximum Gasteiger partial charge on any atom is 0.148 e. The Morgan fingerprint density at radius 3 is 1.52 bits per heavy atom. The van der Waals surface area contributed by atoms with Crippen LogP contribution in [0.5, 0.6) is 5.75 Å². The third-order valence-corrected chi connectivity index (χ3v) is 12.8. The van der Waals surface area contributed by atoms with Crippen LogP contribution < -0.4 is 20.3 Å². The van der Waals surface area contributed by atoms with E-state index in [9.17, 15) is 0 Å². The predicted octanol–water partition coefficient (Wildman–Crippen LogP) is 5.61. The fourth-order valence-electron chi connectivity index (χ4n) is 6.09. The minimum absolute atomic E-state index is 0.596. The Kier molecular flexibility index (Phi) is 6.19. The van der Waals surface area contributed by atoms with Gasteiger partial charge in [0.15, 0.2) is 0 Å². The molecule has 1 aliphatic carbocycles. The first-order valence-corrected chi connectivity index (χ1v) is 14.2. The zero-order valence-corrected chi connectivity index (χ0v) is 20.5. The van der Waals surface area contributed by atoms with Crippen molar-refractivity contribution in [1.82, 2.24) is 0 Å². The van der Waals surface area contributed by atoms with E-state index in [1.165, 1.54) is 33.6 Å². The van der Waals surface area contributed by atoms with Crippen LogP contribution in [0.15, 0.2) is 115 Å². The molecule has 1 aliphatic rings. The maximum atomic E-state index is 5.42. The lowest BCUT2D eigenvalue weighted by Crippen LogP contribution is -2.68. The van der Waals surface area contributed by atoms with E-state index in [2.05, 4.69) is 122 Å². The molecule has 0 radical (unpaired) electrons. The molecule has 166 valence electrons. The molecule has 33 heavy (non-hydrogen) atoms. The molecule has 0 saturated heterocycles. The van der Waals surface area contributed by atoms with E-state index in [0.29, 0.717) is 17.8 Å². The summed E-state index contributed by atoms with van der Waals surface area (Å²) in [5.41, 5.74) is 1.46. The summed E-state index contributed by atoms with van der Waals surface area (Å²) in [6.07, 6.45) is 1.29. The molecule has 2 heteroatoms. The average molecular weight is 449 g/mol. The molecule has 0 aliphatic heterocycles. The largest absolute Gasteiger partial charge is 0.497 e. The summed E-state index contributed by atoms with van der Waals surface area (Å²) in [6, 6.07) is 44.0. The van der Waals surface area contributed by atoms with Gasteiger partial charge in [-0.1, -0.05) is 110 Å². The first-order valence-electron chi connectivity index (χ1n) is 12.0. The smallest absolute Gasteiger partial charge is 0.148 e. The minimum Gasteiger partial charge on any atom is -0.497 e.